The molecule has 0 aromatic carbocycles. The number of amides is 2. The van der Waals surface area contributed by atoms with Gasteiger partial charge in [-0.15, -0.1) is 6.58 Å². The summed E-state index contributed by atoms with van der Waals surface area (Å²) in [6.07, 6.45) is 2.80. The molecular weight excluding hydrogens is 216 g/mol. The summed E-state index contributed by atoms with van der Waals surface area (Å²) in [5, 5.41) is 2.80. The molecule has 2 amide bonds. The normalized spacial score (nSPS) is 23.3. The van der Waals surface area contributed by atoms with Gasteiger partial charge in [-0.05, 0) is 19.3 Å². The van der Waals surface area contributed by atoms with Crippen LogP contribution >= 0.6 is 0 Å². The van der Waals surface area contributed by atoms with Crippen LogP contribution in [0, 0.1) is 5.92 Å². The molecule has 0 saturated carbocycles. The highest BCUT2D eigenvalue weighted by molar-refractivity contribution is 5.90. The lowest BCUT2D eigenvalue weighted by Gasteiger charge is -2.28. The van der Waals surface area contributed by atoms with Gasteiger partial charge in [0.15, 0.2) is 0 Å². The molecule has 1 rings (SSSR count). The number of nitrogens with one attached hydrogen (secondary N) is 1. The molecule has 1 heterocycles. The summed E-state index contributed by atoms with van der Waals surface area (Å²) < 4.78 is 0. The summed E-state index contributed by atoms with van der Waals surface area (Å²) in [6, 6.07) is -0.405. The fourth-order valence-electron chi connectivity index (χ4n) is 2.02. The highest BCUT2D eigenvalue weighted by Gasteiger charge is 2.31. The van der Waals surface area contributed by atoms with Crippen molar-refractivity contribution in [2.24, 2.45) is 5.92 Å². The average molecular weight is 238 g/mol. The first-order valence-electron chi connectivity index (χ1n) is 6.18. The predicted molar refractivity (Wildman–Crippen MR) is 67.4 cm³/mol. The van der Waals surface area contributed by atoms with Crippen LogP contribution in [-0.4, -0.2) is 35.3 Å². The molecule has 4 heteroatoms. The van der Waals surface area contributed by atoms with Gasteiger partial charge in [0.1, 0.15) is 6.04 Å². The first-order valence-corrected chi connectivity index (χ1v) is 6.18. The van der Waals surface area contributed by atoms with Crippen molar-refractivity contribution in [3.05, 3.63) is 12.7 Å². The van der Waals surface area contributed by atoms with Gasteiger partial charge in [-0.2, -0.15) is 0 Å². The maximum absolute atomic E-state index is 12.3. The lowest BCUT2D eigenvalue weighted by Crippen LogP contribution is -2.47. The molecule has 4 nitrogen and oxygen atoms in total. The second-order valence-corrected chi connectivity index (χ2v) is 5.01. The second-order valence-electron chi connectivity index (χ2n) is 5.01. The standard InChI is InChI=1S/C13H22N2O2/c1-5-10(4)15-7-6-12(16)14-11(13(15)17)8-9(2)3/h5,9-11H,1,6-8H2,2-4H3,(H,14,16). The fraction of sp³-hybridized carbons (Fsp3) is 0.692. The first-order chi connectivity index (χ1) is 7.95. The van der Waals surface area contributed by atoms with Gasteiger partial charge >= 0.3 is 0 Å². The van der Waals surface area contributed by atoms with Gasteiger partial charge in [-0.3, -0.25) is 9.59 Å². The largest absolute Gasteiger partial charge is 0.344 e. The van der Waals surface area contributed by atoms with Crippen molar-refractivity contribution >= 4 is 11.8 Å². The quantitative estimate of drug-likeness (QED) is 0.751. The molecule has 17 heavy (non-hydrogen) atoms. The molecule has 2 unspecified atom stereocenters. The van der Waals surface area contributed by atoms with Gasteiger partial charge < -0.3 is 10.2 Å². The highest BCUT2D eigenvalue weighted by atomic mass is 16.2. The summed E-state index contributed by atoms with van der Waals surface area (Å²) in [7, 11) is 0. The monoisotopic (exact) mass is 238 g/mol. The Morgan fingerprint density at radius 2 is 2.12 bits per heavy atom. The maximum atomic E-state index is 12.3. The van der Waals surface area contributed by atoms with Crippen molar-refractivity contribution in [1.29, 1.82) is 0 Å². The van der Waals surface area contributed by atoms with E-state index in [0.717, 1.165) is 0 Å². The van der Waals surface area contributed by atoms with Crippen molar-refractivity contribution in [2.75, 3.05) is 6.54 Å². The Bertz CT molecular complexity index is 313. The van der Waals surface area contributed by atoms with E-state index in [1.54, 1.807) is 11.0 Å². The molecule has 1 aliphatic heterocycles. The second kappa shape index (κ2) is 5.84. The van der Waals surface area contributed by atoms with Gasteiger partial charge in [-0.1, -0.05) is 19.9 Å². The van der Waals surface area contributed by atoms with Crippen molar-refractivity contribution in [3.8, 4) is 0 Å². The molecule has 1 saturated heterocycles. The van der Waals surface area contributed by atoms with E-state index < -0.39 is 0 Å². The molecule has 1 aliphatic rings. The van der Waals surface area contributed by atoms with Crippen LogP contribution in [-0.2, 0) is 9.59 Å². The molecule has 0 radical (unpaired) electrons. The number of hydrogen-bond donors (Lipinski definition) is 1. The topological polar surface area (TPSA) is 49.4 Å². The van der Waals surface area contributed by atoms with Gasteiger partial charge in [0.25, 0.3) is 0 Å². The third-order valence-corrected chi connectivity index (χ3v) is 3.04. The van der Waals surface area contributed by atoms with E-state index in [1.165, 1.54) is 0 Å². The SMILES string of the molecule is C=CC(C)N1CCC(=O)NC(CC(C)C)C1=O. The van der Waals surface area contributed by atoms with E-state index in [1.807, 2.05) is 20.8 Å². The van der Waals surface area contributed by atoms with E-state index in [0.29, 0.717) is 25.3 Å². The molecule has 0 aromatic heterocycles. The summed E-state index contributed by atoms with van der Waals surface area (Å²) in [4.78, 5) is 25.6. The van der Waals surface area contributed by atoms with E-state index in [2.05, 4.69) is 11.9 Å². The lowest BCUT2D eigenvalue weighted by atomic mass is 10.0. The molecule has 1 N–H and O–H groups in total. The predicted octanol–water partition coefficient (Wildman–Crippen LogP) is 1.32. The molecular formula is C13H22N2O2. The third kappa shape index (κ3) is 3.58. The number of hydrogen-bond acceptors (Lipinski definition) is 2. The molecule has 96 valence electrons. The Hall–Kier alpha value is -1.32. The van der Waals surface area contributed by atoms with Crippen LogP contribution in [0.1, 0.15) is 33.6 Å². The lowest BCUT2D eigenvalue weighted by molar-refractivity contribution is -0.134. The van der Waals surface area contributed by atoms with Crippen LogP contribution in [0.4, 0.5) is 0 Å². The van der Waals surface area contributed by atoms with Crippen molar-refractivity contribution in [2.45, 2.75) is 45.7 Å². The Balaban J connectivity index is 2.84. The number of rotatable bonds is 4. The number of carbonyl (C=O) groups is 2. The minimum absolute atomic E-state index is 0.0111. The van der Waals surface area contributed by atoms with Crippen LogP contribution in [0.25, 0.3) is 0 Å². The van der Waals surface area contributed by atoms with Crippen LogP contribution in [0.3, 0.4) is 0 Å². The molecule has 0 aromatic rings. The number of carbonyl (C=O) groups excluding carboxylic acids is 2. The van der Waals surface area contributed by atoms with Gasteiger partial charge in [0.05, 0.1) is 0 Å². The molecule has 0 spiro atoms. The van der Waals surface area contributed by atoms with Crippen molar-refractivity contribution in [3.63, 3.8) is 0 Å². The van der Waals surface area contributed by atoms with Gasteiger partial charge in [0.2, 0.25) is 11.8 Å². The Kier molecular flexibility index (Phi) is 4.73. The van der Waals surface area contributed by atoms with Crippen molar-refractivity contribution < 1.29 is 9.59 Å². The summed E-state index contributed by atoms with van der Waals surface area (Å²) in [5.41, 5.74) is 0. The average Bonchev–Trinajstić information content (AvgIpc) is 2.38. The van der Waals surface area contributed by atoms with E-state index in [-0.39, 0.29) is 23.9 Å². The molecule has 0 aliphatic carbocycles. The molecule has 0 bridgehead atoms. The zero-order chi connectivity index (χ0) is 13.0. The highest BCUT2D eigenvalue weighted by Crippen LogP contribution is 2.14. The van der Waals surface area contributed by atoms with Crippen molar-refractivity contribution in [1.82, 2.24) is 10.2 Å². The van der Waals surface area contributed by atoms with Gasteiger partial charge in [0, 0.05) is 19.0 Å². The van der Waals surface area contributed by atoms with Crippen LogP contribution in [0.5, 0.6) is 0 Å². The Morgan fingerprint density at radius 1 is 1.47 bits per heavy atom. The Labute approximate surface area is 103 Å². The van der Waals surface area contributed by atoms with E-state index >= 15 is 0 Å². The van der Waals surface area contributed by atoms with Crippen LogP contribution < -0.4 is 5.32 Å². The van der Waals surface area contributed by atoms with E-state index in [4.69, 9.17) is 0 Å². The summed E-state index contributed by atoms with van der Waals surface area (Å²) in [6.45, 7) is 10.2. The zero-order valence-electron chi connectivity index (χ0n) is 10.9. The summed E-state index contributed by atoms with van der Waals surface area (Å²) in [5.74, 6) is 0.350. The smallest absolute Gasteiger partial charge is 0.245 e. The van der Waals surface area contributed by atoms with Crippen LogP contribution in [0.2, 0.25) is 0 Å². The number of nitrogens with zero attached hydrogens (tertiary/aromatic N) is 1. The van der Waals surface area contributed by atoms with E-state index in [9.17, 15) is 9.59 Å². The Morgan fingerprint density at radius 3 is 2.65 bits per heavy atom. The maximum Gasteiger partial charge on any atom is 0.245 e. The third-order valence-electron chi connectivity index (χ3n) is 3.04. The minimum Gasteiger partial charge on any atom is -0.344 e. The summed E-state index contributed by atoms with van der Waals surface area (Å²) >= 11 is 0. The minimum atomic E-state index is -0.382. The molecule has 2 atom stereocenters. The molecule has 1 fully saturated rings. The van der Waals surface area contributed by atoms with Gasteiger partial charge in [-0.25, -0.2) is 0 Å². The fourth-order valence-corrected chi connectivity index (χ4v) is 2.02. The van der Waals surface area contributed by atoms with Crippen LogP contribution in [0.15, 0.2) is 12.7 Å². The first kappa shape index (κ1) is 13.7. The zero-order valence-corrected chi connectivity index (χ0v) is 10.9.